The summed E-state index contributed by atoms with van der Waals surface area (Å²) in [6, 6.07) is 0. The van der Waals surface area contributed by atoms with E-state index in [4.69, 9.17) is 0 Å². The van der Waals surface area contributed by atoms with Crippen molar-refractivity contribution in [2.24, 2.45) is 5.92 Å². The molecule has 0 bridgehead atoms. The zero-order chi connectivity index (χ0) is 10.7. The molecule has 3 nitrogen and oxygen atoms in total. The molecule has 2 aliphatic rings. The number of sulfonamides is 1. The molecule has 0 amide bonds. The summed E-state index contributed by atoms with van der Waals surface area (Å²) in [6.45, 7) is 1.56. The summed E-state index contributed by atoms with van der Waals surface area (Å²) < 4.78 is 25.3. The maximum Gasteiger partial charge on any atom is 0.214 e. The predicted molar refractivity (Wildman–Crippen MR) is 61.2 cm³/mol. The average Bonchev–Trinajstić information content (AvgIpc) is 2.23. The third-order valence-corrected chi connectivity index (χ3v) is 5.56. The van der Waals surface area contributed by atoms with Crippen LogP contribution in [-0.4, -0.2) is 31.6 Å². The minimum Gasteiger partial charge on any atom is -0.212 e. The van der Waals surface area contributed by atoms with Crippen LogP contribution in [0.4, 0.5) is 0 Å². The number of hydrogen-bond donors (Lipinski definition) is 0. The summed E-state index contributed by atoms with van der Waals surface area (Å²) in [7, 11) is -2.89. The van der Waals surface area contributed by atoms with Crippen molar-refractivity contribution in [3.63, 3.8) is 0 Å². The van der Waals surface area contributed by atoms with Gasteiger partial charge in [-0.2, -0.15) is 0 Å². The van der Waals surface area contributed by atoms with E-state index in [0.717, 1.165) is 25.9 Å². The van der Waals surface area contributed by atoms with Gasteiger partial charge in [-0.3, -0.25) is 0 Å². The van der Waals surface area contributed by atoms with E-state index >= 15 is 0 Å². The molecule has 2 fully saturated rings. The first-order chi connectivity index (χ1) is 7.18. The highest BCUT2D eigenvalue weighted by Crippen LogP contribution is 2.26. The quantitative estimate of drug-likeness (QED) is 0.729. The van der Waals surface area contributed by atoms with Gasteiger partial charge in [0, 0.05) is 13.1 Å². The molecular formula is C11H21NO2S. The Balaban J connectivity index is 1.91. The first kappa shape index (κ1) is 11.4. The molecule has 0 unspecified atom stereocenters. The molecule has 1 aliphatic heterocycles. The monoisotopic (exact) mass is 231 g/mol. The van der Waals surface area contributed by atoms with Crippen LogP contribution in [0.15, 0.2) is 0 Å². The second-order valence-electron chi connectivity index (χ2n) is 4.89. The molecule has 2 rings (SSSR count). The van der Waals surface area contributed by atoms with Crippen LogP contribution in [0.5, 0.6) is 0 Å². The fourth-order valence-corrected chi connectivity index (χ4v) is 4.38. The van der Waals surface area contributed by atoms with Crippen molar-refractivity contribution in [1.29, 1.82) is 0 Å². The van der Waals surface area contributed by atoms with Gasteiger partial charge in [0.05, 0.1) is 5.75 Å². The van der Waals surface area contributed by atoms with Crippen molar-refractivity contribution in [2.75, 3.05) is 18.8 Å². The van der Waals surface area contributed by atoms with Gasteiger partial charge in [-0.25, -0.2) is 12.7 Å². The minimum atomic E-state index is -2.89. The molecular weight excluding hydrogens is 210 g/mol. The molecule has 4 heteroatoms. The Kier molecular flexibility index (Phi) is 3.67. The summed E-state index contributed by atoms with van der Waals surface area (Å²) in [5.41, 5.74) is 0. The summed E-state index contributed by atoms with van der Waals surface area (Å²) in [5, 5.41) is 0. The topological polar surface area (TPSA) is 37.4 Å². The lowest BCUT2D eigenvalue weighted by molar-refractivity contribution is 0.270. The molecule has 1 aliphatic carbocycles. The fourth-order valence-electron chi connectivity index (χ4n) is 2.70. The summed E-state index contributed by atoms with van der Waals surface area (Å²) in [4.78, 5) is 0. The molecule has 88 valence electrons. The molecule has 0 aromatic carbocycles. The van der Waals surface area contributed by atoms with Crippen molar-refractivity contribution >= 4 is 10.0 Å². The second-order valence-corrected chi connectivity index (χ2v) is 6.97. The Bertz CT molecular complexity index is 294. The largest absolute Gasteiger partial charge is 0.214 e. The maximum absolute atomic E-state index is 11.8. The van der Waals surface area contributed by atoms with E-state index < -0.39 is 10.0 Å². The lowest BCUT2D eigenvalue weighted by Gasteiger charge is -2.31. The SMILES string of the molecule is O=S1(=O)CCCCN1CC1CCCCC1. The molecule has 0 radical (unpaired) electrons. The standard InChI is InChI=1S/C11H21NO2S/c13-15(14)9-5-4-8-12(15)10-11-6-2-1-3-7-11/h11H,1-10H2. The summed E-state index contributed by atoms with van der Waals surface area (Å²) in [5.74, 6) is 1.01. The Hall–Kier alpha value is -0.0900. The second kappa shape index (κ2) is 4.83. The van der Waals surface area contributed by atoms with Crippen LogP contribution in [0, 0.1) is 5.92 Å². The lowest BCUT2D eigenvalue weighted by Crippen LogP contribution is -2.41. The third kappa shape index (κ3) is 2.94. The summed E-state index contributed by atoms with van der Waals surface area (Å²) >= 11 is 0. The van der Waals surface area contributed by atoms with Crippen LogP contribution in [0.2, 0.25) is 0 Å². The van der Waals surface area contributed by atoms with Crippen molar-refractivity contribution in [3.05, 3.63) is 0 Å². The highest BCUT2D eigenvalue weighted by Gasteiger charge is 2.28. The Morgan fingerprint density at radius 3 is 2.40 bits per heavy atom. The van der Waals surface area contributed by atoms with Crippen molar-refractivity contribution in [2.45, 2.75) is 44.9 Å². The van der Waals surface area contributed by atoms with E-state index in [0.29, 0.717) is 11.7 Å². The van der Waals surface area contributed by atoms with E-state index in [9.17, 15) is 8.42 Å². The zero-order valence-electron chi connectivity index (χ0n) is 9.32. The van der Waals surface area contributed by atoms with Crippen LogP contribution >= 0.6 is 0 Å². The van der Waals surface area contributed by atoms with Gasteiger partial charge in [-0.1, -0.05) is 19.3 Å². The van der Waals surface area contributed by atoms with E-state index in [1.807, 2.05) is 0 Å². The highest BCUT2D eigenvalue weighted by molar-refractivity contribution is 7.89. The van der Waals surface area contributed by atoms with E-state index in [1.165, 1.54) is 32.1 Å². The van der Waals surface area contributed by atoms with Crippen LogP contribution in [0.3, 0.4) is 0 Å². The van der Waals surface area contributed by atoms with Crippen LogP contribution in [0.1, 0.15) is 44.9 Å². The lowest BCUT2D eigenvalue weighted by atomic mass is 9.89. The number of hydrogen-bond acceptors (Lipinski definition) is 2. The molecule has 0 aromatic heterocycles. The van der Waals surface area contributed by atoms with Crippen LogP contribution in [0.25, 0.3) is 0 Å². The normalized spacial score (nSPS) is 29.1. The van der Waals surface area contributed by atoms with Gasteiger partial charge < -0.3 is 0 Å². The molecule has 0 N–H and O–H groups in total. The van der Waals surface area contributed by atoms with E-state index in [-0.39, 0.29) is 0 Å². The van der Waals surface area contributed by atoms with Gasteiger partial charge in [0.2, 0.25) is 10.0 Å². The van der Waals surface area contributed by atoms with Crippen LogP contribution < -0.4 is 0 Å². The molecule has 1 saturated heterocycles. The Labute approximate surface area is 92.9 Å². The minimum absolute atomic E-state index is 0.375. The average molecular weight is 231 g/mol. The van der Waals surface area contributed by atoms with Gasteiger partial charge in [0.1, 0.15) is 0 Å². The molecule has 1 heterocycles. The predicted octanol–water partition coefficient (Wildman–Crippen LogP) is 1.99. The molecule has 0 spiro atoms. The first-order valence-corrected chi connectivity index (χ1v) is 7.77. The van der Waals surface area contributed by atoms with E-state index in [1.54, 1.807) is 4.31 Å². The molecule has 1 saturated carbocycles. The van der Waals surface area contributed by atoms with Gasteiger partial charge in [-0.15, -0.1) is 0 Å². The van der Waals surface area contributed by atoms with Gasteiger partial charge in [0.25, 0.3) is 0 Å². The van der Waals surface area contributed by atoms with Crippen molar-refractivity contribution in [1.82, 2.24) is 4.31 Å². The van der Waals surface area contributed by atoms with E-state index in [2.05, 4.69) is 0 Å². The summed E-state index contributed by atoms with van der Waals surface area (Å²) in [6.07, 6.45) is 8.27. The number of rotatable bonds is 2. The molecule has 0 atom stereocenters. The van der Waals surface area contributed by atoms with Crippen molar-refractivity contribution < 1.29 is 8.42 Å². The highest BCUT2D eigenvalue weighted by atomic mass is 32.2. The van der Waals surface area contributed by atoms with Crippen LogP contribution in [-0.2, 0) is 10.0 Å². The zero-order valence-corrected chi connectivity index (χ0v) is 10.1. The Morgan fingerprint density at radius 1 is 1.00 bits per heavy atom. The van der Waals surface area contributed by atoms with Gasteiger partial charge >= 0.3 is 0 Å². The van der Waals surface area contributed by atoms with Crippen molar-refractivity contribution in [3.8, 4) is 0 Å². The Morgan fingerprint density at radius 2 is 1.73 bits per heavy atom. The number of nitrogens with zero attached hydrogens (tertiary/aromatic N) is 1. The van der Waals surface area contributed by atoms with Gasteiger partial charge in [-0.05, 0) is 31.6 Å². The maximum atomic E-state index is 11.8. The third-order valence-electron chi connectivity index (χ3n) is 3.64. The first-order valence-electron chi connectivity index (χ1n) is 6.16. The molecule has 0 aromatic rings. The molecule has 15 heavy (non-hydrogen) atoms. The smallest absolute Gasteiger partial charge is 0.212 e. The fraction of sp³-hybridized carbons (Fsp3) is 1.00. The van der Waals surface area contributed by atoms with Gasteiger partial charge in [0.15, 0.2) is 0 Å².